The van der Waals surface area contributed by atoms with E-state index < -0.39 is 10.0 Å². The predicted molar refractivity (Wildman–Crippen MR) is 109 cm³/mol. The number of amides is 1. The van der Waals surface area contributed by atoms with Gasteiger partial charge >= 0.3 is 5.97 Å². The third-order valence-corrected chi connectivity index (χ3v) is 6.14. The van der Waals surface area contributed by atoms with E-state index in [1.807, 2.05) is 32.9 Å². The average molecular weight is 411 g/mol. The van der Waals surface area contributed by atoms with E-state index in [0.717, 1.165) is 22.9 Å². The van der Waals surface area contributed by atoms with Crippen molar-refractivity contribution in [1.82, 2.24) is 4.90 Å². The Morgan fingerprint density at radius 1 is 1.14 bits per heavy atom. The first-order chi connectivity index (χ1) is 13.0. The molecule has 1 saturated heterocycles. The van der Waals surface area contributed by atoms with Gasteiger partial charge in [-0.05, 0) is 51.7 Å². The number of sulfonamides is 1. The molecule has 8 heteroatoms. The Bertz CT molecular complexity index is 819. The number of aryl methyl sites for hydroxylation is 3. The van der Waals surface area contributed by atoms with Gasteiger partial charge in [0.1, 0.15) is 6.54 Å². The van der Waals surface area contributed by atoms with Crippen LogP contribution in [0.4, 0.5) is 5.69 Å². The van der Waals surface area contributed by atoms with Crippen molar-refractivity contribution in [3.63, 3.8) is 0 Å². The monoisotopic (exact) mass is 410 g/mol. The smallest absolute Gasteiger partial charge is 0.309 e. The maximum Gasteiger partial charge on any atom is 0.309 e. The summed E-state index contributed by atoms with van der Waals surface area (Å²) < 4.78 is 31.1. The summed E-state index contributed by atoms with van der Waals surface area (Å²) in [6.07, 6.45) is 2.18. The van der Waals surface area contributed by atoms with Gasteiger partial charge in [-0.2, -0.15) is 0 Å². The second-order valence-electron chi connectivity index (χ2n) is 7.42. The largest absolute Gasteiger partial charge is 0.466 e. The quantitative estimate of drug-likeness (QED) is 0.671. The first-order valence-electron chi connectivity index (χ1n) is 9.54. The zero-order valence-electron chi connectivity index (χ0n) is 17.3. The van der Waals surface area contributed by atoms with E-state index in [1.165, 1.54) is 4.31 Å². The molecule has 0 bridgehead atoms. The minimum atomic E-state index is -3.63. The molecule has 28 heavy (non-hydrogen) atoms. The van der Waals surface area contributed by atoms with Crippen molar-refractivity contribution in [2.24, 2.45) is 5.92 Å². The highest BCUT2D eigenvalue weighted by Crippen LogP contribution is 2.28. The fourth-order valence-electron chi connectivity index (χ4n) is 3.78. The normalized spacial score (nSPS) is 15.4. The Balaban J connectivity index is 2.15. The summed E-state index contributed by atoms with van der Waals surface area (Å²) in [6.45, 7) is 8.37. The molecule has 0 atom stereocenters. The maximum absolute atomic E-state index is 12.8. The van der Waals surface area contributed by atoms with Crippen LogP contribution in [0.15, 0.2) is 12.1 Å². The molecule has 7 nitrogen and oxygen atoms in total. The summed E-state index contributed by atoms with van der Waals surface area (Å²) in [6, 6.07) is 3.83. The minimum absolute atomic E-state index is 0.198. The Hall–Kier alpha value is -2.09. The molecule has 1 aliphatic heterocycles. The van der Waals surface area contributed by atoms with Gasteiger partial charge in [0.15, 0.2) is 0 Å². The van der Waals surface area contributed by atoms with Crippen LogP contribution in [0.3, 0.4) is 0 Å². The highest BCUT2D eigenvalue weighted by Gasteiger charge is 2.31. The van der Waals surface area contributed by atoms with Crippen molar-refractivity contribution in [1.29, 1.82) is 0 Å². The molecule has 0 N–H and O–H groups in total. The predicted octanol–water partition coefficient (Wildman–Crippen LogP) is 2.18. The van der Waals surface area contributed by atoms with Crippen LogP contribution in [-0.2, 0) is 24.3 Å². The lowest BCUT2D eigenvalue weighted by atomic mass is 9.97. The van der Waals surface area contributed by atoms with Gasteiger partial charge in [-0.15, -0.1) is 0 Å². The molecule has 1 amide bonds. The number of ether oxygens (including phenoxy) is 1. The van der Waals surface area contributed by atoms with Crippen LogP contribution < -0.4 is 4.31 Å². The van der Waals surface area contributed by atoms with E-state index in [1.54, 1.807) is 11.8 Å². The highest BCUT2D eigenvalue weighted by molar-refractivity contribution is 7.92. The standard InChI is InChI=1S/C20H30N2O5S/c1-6-27-20(24)17-7-9-21(10-8-17)18(23)13-22(28(5,25)26)19-15(3)11-14(2)12-16(19)4/h11-12,17H,6-10,13H2,1-5H3. The summed E-state index contributed by atoms with van der Waals surface area (Å²) in [5.41, 5.74) is 3.23. The zero-order chi connectivity index (χ0) is 21.1. The number of benzene rings is 1. The van der Waals surface area contributed by atoms with Crippen molar-refractivity contribution in [2.75, 3.05) is 36.8 Å². The van der Waals surface area contributed by atoms with Crippen LogP contribution in [0.1, 0.15) is 36.5 Å². The minimum Gasteiger partial charge on any atom is -0.466 e. The van der Waals surface area contributed by atoms with E-state index in [4.69, 9.17) is 4.74 Å². The number of rotatable bonds is 6. The number of carbonyl (C=O) groups is 2. The Kier molecular flexibility index (Phi) is 7.09. The summed E-state index contributed by atoms with van der Waals surface area (Å²) >= 11 is 0. The molecule has 0 unspecified atom stereocenters. The number of hydrogen-bond acceptors (Lipinski definition) is 5. The van der Waals surface area contributed by atoms with Gasteiger partial charge in [-0.3, -0.25) is 13.9 Å². The van der Waals surface area contributed by atoms with Gasteiger partial charge in [0.2, 0.25) is 15.9 Å². The third-order valence-electron chi connectivity index (χ3n) is 5.03. The van der Waals surface area contributed by atoms with Gasteiger partial charge in [-0.25, -0.2) is 8.42 Å². The molecule has 0 spiro atoms. The molecular formula is C20H30N2O5S. The molecule has 0 saturated carbocycles. The van der Waals surface area contributed by atoms with Crippen LogP contribution in [0, 0.1) is 26.7 Å². The number of piperidine rings is 1. The van der Waals surface area contributed by atoms with Crippen molar-refractivity contribution in [2.45, 2.75) is 40.5 Å². The molecule has 2 rings (SSSR count). The third kappa shape index (κ3) is 5.25. The van der Waals surface area contributed by atoms with Gasteiger partial charge in [0, 0.05) is 13.1 Å². The maximum atomic E-state index is 12.8. The number of esters is 1. The van der Waals surface area contributed by atoms with E-state index in [2.05, 4.69) is 0 Å². The molecule has 1 fully saturated rings. The zero-order valence-corrected chi connectivity index (χ0v) is 18.1. The fraction of sp³-hybridized carbons (Fsp3) is 0.600. The van der Waals surface area contributed by atoms with E-state index >= 15 is 0 Å². The lowest BCUT2D eigenvalue weighted by Gasteiger charge is -2.33. The molecule has 1 aromatic rings. The van der Waals surface area contributed by atoms with Crippen molar-refractivity contribution >= 4 is 27.6 Å². The molecule has 0 aliphatic carbocycles. The van der Waals surface area contributed by atoms with E-state index in [0.29, 0.717) is 38.2 Å². The summed E-state index contributed by atoms with van der Waals surface area (Å²) in [4.78, 5) is 26.3. The summed E-state index contributed by atoms with van der Waals surface area (Å²) in [5.74, 6) is -0.679. The van der Waals surface area contributed by atoms with Gasteiger partial charge in [0.05, 0.1) is 24.5 Å². The average Bonchev–Trinajstić information content (AvgIpc) is 2.59. The second-order valence-corrected chi connectivity index (χ2v) is 9.33. The van der Waals surface area contributed by atoms with Crippen LogP contribution >= 0.6 is 0 Å². The van der Waals surface area contributed by atoms with Crippen molar-refractivity contribution < 1.29 is 22.7 Å². The van der Waals surface area contributed by atoms with Crippen molar-refractivity contribution in [3.8, 4) is 0 Å². The lowest BCUT2D eigenvalue weighted by molar-refractivity contribution is -0.151. The van der Waals surface area contributed by atoms with Crippen LogP contribution in [-0.4, -0.2) is 57.7 Å². The van der Waals surface area contributed by atoms with Gasteiger partial charge < -0.3 is 9.64 Å². The molecular weight excluding hydrogens is 380 g/mol. The first-order valence-corrected chi connectivity index (χ1v) is 11.4. The SMILES string of the molecule is CCOC(=O)C1CCN(C(=O)CN(c2c(C)cc(C)cc2C)S(C)(=O)=O)CC1. The number of anilines is 1. The van der Waals surface area contributed by atoms with E-state index in [-0.39, 0.29) is 24.3 Å². The van der Waals surface area contributed by atoms with Gasteiger partial charge in [-0.1, -0.05) is 17.7 Å². The van der Waals surface area contributed by atoms with Crippen LogP contribution in [0.25, 0.3) is 0 Å². The highest BCUT2D eigenvalue weighted by atomic mass is 32.2. The molecule has 1 aromatic carbocycles. The van der Waals surface area contributed by atoms with Crippen LogP contribution in [0.5, 0.6) is 0 Å². The van der Waals surface area contributed by atoms with Crippen molar-refractivity contribution in [3.05, 3.63) is 28.8 Å². The molecule has 0 radical (unpaired) electrons. The Labute approximate surface area is 167 Å². The number of hydrogen-bond donors (Lipinski definition) is 0. The lowest BCUT2D eigenvalue weighted by Crippen LogP contribution is -2.46. The van der Waals surface area contributed by atoms with Crippen LogP contribution in [0.2, 0.25) is 0 Å². The number of nitrogens with zero attached hydrogens (tertiary/aromatic N) is 2. The summed E-state index contributed by atoms with van der Waals surface area (Å²) in [7, 11) is -3.63. The fourth-order valence-corrected chi connectivity index (χ4v) is 4.74. The number of carbonyl (C=O) groups excluding carboxylic acids is 2. The molecule has 156 valence electrons. The topological polar surface area (TPSA) is 84.0 Å². The Morgan fingerprint density at radius 2 is 1.68 bits per heavy atom. The molecule has 1 heterocycles. The second kappa shape index (κ2) is 8.94. The first kappa shape index (κ1) is 22.2. The summed E-state index contributed by atoms with van der Waals surface area (Å²) in [5, 5.41) is 0. The molecule has 0 aromatic heterocycles. The van der Waals surface area contributed by atoms with E-state index in [9.17, 15) is 18.0 Å². The van der Waals surface area contributed by atoms with Gasteiger partial charge in [0.25, 0.3) is 0 Å². The molecule has 1 aliphatic rings. The number of likely N-dealkylation sites (tertiary alicyclic amines) is 1. The Morgan fingerprint density at radius 3 is 2.14 bits per heavy atom.